The summed E-state index contributed by atoms with van der Waals surface area (Å²) >= 11 is 0. The molecule has 3 aromatic rings. The Kier molecular flexibility index (Phi) is 4.40. The van der Waals surface area contributed by atoms with Crippen LogP contribution in [0, 0.1) is 6.92 Å². The molecule has 1 saturated carbocycles. The molecule has 0 aliphatic heterocycles. The molecule has 1 aromatic carbocycles. The van der Waals surface area contributed by atoms with Crippen molar-refractivity contribution >= 4 is 16.7 Å². The van der Waals surface area contributed by atoms with E-state index in [0.717, 1.165) is 23.8 Å². The lowest BCUT2D eigenvalue weighted by atomic mass is 10.0. The highest BCUT2D eigenvalue weighted by molar-refractivity contribution is 5.90. The summed E-state index contributed by atoms with van der Waals surface area (Å²) in [5, 5.41) is 4.06. The molecule has 2 heterocycles. The number of aromatic nitrogens is 3. The molecule has 0 spiro atoms. The van der Waals surface area contributed by atoms with Crippen LogP contribution in [0.25, 0.3) is 10.9 Å². The number of hydrogen-bond acceptors (Lipinski definition) is 4. The number of anilines is 1. The molecule has 5 nitrogen and oxygen atoms in total. The molecule has 1 atom stereocenters. The van der Waals surface area contributed by atoms with E-state index in [1.807, 2.05) is 13.1 Å². The molecule has 0 saturated heterocycles. The Morgan fingerprint density at radius 3 is 2.61 bits per heavy atom. The number of halogens is 2. The lowest BCUT2D eigenvalue weighted by molar-refractivity contribution is 0.151. The number of nitrogens with one attached hydrogen (secondary N) is 1. The third kappa shape index (κ3) is 3.15. The smallest absolute Gasteiger partial charge is 0.263 e. The van der Waals surface area contributed by atoms with Crippen LogP contribution in [0.3, 0.4) is 0 Å². The van der Waals surface area contributed by atoms with Crippen LogP contribution in [0.2, 0.25) is 0 Å². The van der Waals surface area contributed by atoms with Gasteiger partial charge >= 0.3 is 0 Å². The van der Waals surface area contributed by atoms with Crippen molar-refractivity contribution in [2.24, 2.45) is 0 Å². The zero-order valence-corrected chi connectivity index (χ0v) is 16.0. The van der Waals surface area contributed by atoms with Crippen LogP contribution >= 0.6 is 0 Å². The third-order valence-electron chi connectivity index (χ3n) is 5.61. The zero-order chi connectivity index (χ0) is 20.1. The topological polar surface area (TPSA) is 59.8 Å². The molecule has 4 rings (SSSR count). The van der Waals surface area contributed by atoms with Crippen LogP contribution in [0.5, 0.6) is 0 Å². The normalized spacial score (nSPS) is 16.4. The zero-order valence-electron chi connectivity index (χ0n) is 16.0. The Morgan fingerprint density at radius 1 is 1.21 bits per heavy atom. The van der Waals surface area contributed by atoms with E-state index in [-0.39, 0.29) is 22.7 Å². The molecular weight excluding hydrogens is 362 g/mol. The van der Waals surface area contributed by atoms with Crippen LogP contribution in [0.4, 0.5) is 14.6 Å². The van der Waals surface area contributed by atoms with Gasteiger partial charge in [0.2, 0.25) is 0 Å². The average molecular weight is 384 g/mol. The van der Waals surface area contributed by atoms with E-state index in [0.29, 0.717) is 16.9 Å². The minimum Gasteiger partial charge on any atom is -0.363 e. The molecule has 0 amide bonds. The number of benzene rings is 1. The van der Waals surface area contributed by atoms with Gasteiger partial charge in [0, 0.05) is 28.9 Å². The SMILES string of the molecule is Cc1c(=O)n(C2(C)CC2)cc2c(N[C@H](C)c3cccc(C(F)F)c3)ncnc12. The molecule has 1 aliphatic rings. The van der Waals surface area contributed by atoms with Gasteiger partial charge in [0.05, 0.1) is 10.9 Å². The molecule has 7 heteroatoms. The molecule has 2 aromatic heterocycles. The highest BCUT2D eigenvalue weighted by atomic mass is 19.3. The van der Waals surface area contributed by atoms with Crippen molar-refractivity contribution in [2.45, 2.75) is 51.6 Å². The van der Waals surface area contributed by atoms with E-state index in [1.54, 1.807) is 23.6 Å². The van der Waals surface area contributed by atoms with E-state index < -0.39 is 6.43 Å². The molecule has 0 bridgehead atoms. The quantitative estimate of drug-likeness (QED) is 0.691. The van der Waals surface area contributed by atoms with Gasteiger partial charge in [-0.3, -0.25) is 4.79 Å². The van der Waals surface area contributed by atoms with Gasteiger partial charge in [0.15, 0.2) is 0 Å². The first-order valence-electron chi connectivity index (χ1n) is 9.32. The number of rotatable bonds is 5. The summed E-state index contributed by atoms with van der Waals surface area (Å²) in [7, 11) is 0. The van der Waals surface area contributed by atoms with Crippen molar-refractivity contribution in [2.75, 3.05) is 5.32 Å². The number of alkyl halides is 2. The summed E-state index contributed by atoms with van der Waals surface area (Å²) in [5.41, 5.74) is 1.74. The van der Waals surface area contributed by atoms with E-state index in [1.165, 1.54) is 18.5 Å². The predicted octanol–water partition coefficient (Wildman–Crippen LogP) is 4.72. The minimum atomic E-state index is -2.51. The van der Waals surface area contributed by atoms with Gasteiger partial charge < -0.3 is 9.88 Å². The molecule has 1 aliphatic carbocycles. The van der Waals surface area contributed by atoms with Gasteiger partial charge in [-0.2, -0.15) is 0 Å². The monoisotopic (exact) mass is 384 g/mol. The fourth-order valence-electron chi connectivity index (χ4n) is 3.48. The number of nitrogens with zero attached hydrogens (tertiary/aromatic N) is 3. The molecule has 1 fully saturated rings. The maximum atomic E-state index is 13.0. The van der Waals surface area contributed by atoms with Gasteiger partial charge in [0.1, 0.15) is 12.1 Å². The summed E-state index contributed by atoms with van der Waals surface area (Å²) in [6.07, 6.45) is 2.66. The van der Waals surface area contributed by atoms with Crippen LogP contribution in [0.1, 0.15) is 55.8 Å². The number of hydrogen-bond donors (Lipinski definition) is 1. The van der Waals surface area contributed by atoms with E-state index in [2.05, 4.69) is 22.2 Å². The van der Waals surface area contributed by atoms with Crippen LogP contribution in [-0.4, -0.2) is 14.5 Å². The first kappa shape index (κ1) is 18.5. The van der Waals surface area contributed by atoms with Crippen LogP contribution in [0.15, 0.2) is 41.6 Å². The summed E-state index contributed by atoms with van der Waals surface area (Å²) in [4.78, 5) is 21.4. The average Bonchev–Trinajstić information content (AvgIpc) is 3.43. The lowest BCUT2D eigenvalue weighted by Gasteiger charge is -2.19. The molecule has 0 radical (unpaired) electrons. The Labute approximate surface area is 161 Å². The van der Waals surface area contributed by atoms with Crippen molar-refractivity contribution in [1.29, 1.82) is 0 Å². The maximum Gasteiger partial charge on any atom is 0.263 e. The van der Waals surface area contributed by atoms with Gasteiger partial charge in [-0.25, -0.2) is 18.7 Å². The lowest BCUT2D eigenvalue weighted by Crippen LogP contribution is -2.29. The first-order valence-corrected chi connectivity index (χ1v) is 9.32. The van der Waals surface area contributed by atoms with Crippen molar-refractivity contribution in [3.05, 3.63) is 63.8 Å². The van der Waals surface area contributed by atoms with Crippen molar-refractivity contribution in [1.82, 2.24) is 14.5 Å². The van der Waals surface area contributed by atoms with Gasteiger partial charge in [-0.15, -0.1) is 0 Å². The second-order valence-corrected chi connectivity index (χ2v) is 7.75. The number of pyridine rings is 1. The predicted molar refractivity (Wildman–Crippen MR) is 105 cm³/mol. The summed E-state index contributed by atoms with van der Waals surface area (Å²) in [5.74, 6) is 0.584. The fraction of sp³-hybridized carbons (Fsp3) is 0.381. The highest BCUT2D eigenvalue weighted by Gasteiger charge is 2.40. The Morgan fingerprint density at radius 2 is 1.93 bits per heavy atom. The summed E-state index contributed by atoms with van der Waals surface area (Å²) in [6, 6.07) is 6.11. The molecule has 1 N–H and O–H groups in total. The number of fused-ring (bicyclic) bond motifs is 1. The Hall–Kier alpha value is -2.83. The number of aryl methyl sites for hydroxylation is 1. The molecular formula is C21H22F2N4O. The summed E-state index contributed by atoms with van der Waals surface area (Å²) in [6.45, 7) is 5.73. The minimum absolute atomic E-state index is 0.00923. The Bertz CT molecular complexity index is 1110. The maximum absolute atomic E-state index is 13.0. The largest absolute Gasteiger partial charge is 0.363 e. The van der Waals surface area contributed by atoms with Crippen molar-refractivity contribution in [3.63, 3.8) is 0 Å². The van der Waals surface area contributed by atoms with Crippen molar-refractivity contribution in [3.8, 4) is 0 Å². The molecule has 28 heavy (non-hydrogen) atoms. The first-order chi connectivity index (χ1) is 13.3. The second kappa shape index (κ2) is 6.65. The van der Waals surface area contributed by atoms with E-state index >= 15 is 0 Å². The van der Waals surface area contributed by atoms with Crippen molar-refractivity contribution < 1.29 is 8.78 Å². The third-order valence-corrected chi connectivity index (χ3v) is 5.61. The summed E-state index contributed by atoms with van der Waals surface area (Å²) < 4.78 is 27.8. The highest BCUT2D eigenvalue weighted by Crippen LogP contribution is 2.42. The van der Waals surface area contributed by atoms with Crippen LogP contribution < -0.4 is 10.9 Å². The second-order valence-electron chi connectivity index (χ2n) is 7.75. The van der Waals surface area contributed by atoms with Gasteiger partial charge in [-0.1, -0.05) is 18.2 Å². The van der Waals surface area contributed by atoms with Gasteiger partial charge in [-0.05, 0) is 45.2 Å². The standard InChI is InChI=1S/C21H22F2N4O/c1-12-17-16(10-27(20(12)28)21(3)7-8-21)19(25-11-24-17)26-13(2)14-5-4-6-15(9-14)18(22)23/h4-6,9-11,13,18H,7-8H2,1-3H3,(H,24,25,26)/t13-/m1/s1. The fourth-order valence-corrected chi connectivity index (χ4v) is 3.48. The molecule has 146 valence electrons. The van der Waals surface area contributed by atoms with Crippen LogP contribution in [-0.2, 0) is 5.54 Å². The van der Waals surface area contributed by atoms with E-state index in [9.17, 15) is 13.6 Å². The molecule has 0 unspecified atom stereocenters. The Balaban J connectivity index is 1.76. The van der Waals surface area contributed by atoms with E-state index in [4.69, 9.17) is 0 Å². The van der Waals surface area contributed by atoms with Gasteiger partial charge in [0.25, 0.3) is 12.0 Å².